The van der Waals surface area contributed by atoms with Crippen molar-refractivity contribution in [2.24, 2.45) is 0 Å². The van der Waals surface area contributed by atoms with E-state index < -0.39 is 18.1 Å². The van der Waals surface area contributed by atoms with Gasteiger partial charge in [0.15, 0.2) is 0 Å². The second-order valence-electron chi connectivity index (χ2n) is 7.19. The third-order valence-corrected chi connectivity index (χ3v) is 5.51. The monoisotopic (exact) mass is 361 g/mol. The van der Waals surface area contributed by atoms with Crippen LogP contribution in [0.3, 0.4) is 0 Å². The molecule has 0 aromatic rings. The van der Waals surface area contributed by atoms with Crippen molar-refractivity contribution >= 4 is 12.0 Å². The molecule has 9 heteroatoms. The predicted molar refractivity (Wildman–Crippen MR) is 84.7 cm³/mol. The van der Waals surface area contributed by atoms with Crippen molar-refractivity contribution in [2.75, 3.05) is 39.4 Å². The van der Waals surface area contributed by atoms with E-state index in [1.807, 2.05) is 4.90 Å². The maximum Gasteiger partial charge on any atom is 0.408 e. The summed E-state index contributed by atoms with van der Waals surface area (Å²) in [6.45, 7) is 3.95. The van der Waals surface area contributed by atoms with Gasteiger partial charge in [-0.2, -0.15) is 0 Å². The van der Waals surface area contributed by atoms with Crippen LogP contribution in [0.2, 0.25) is 0 Å². The number of rotatable bonds is 3. The number of hydrogen-bond donors (Lipinski definition) is 1. The Bertz CT molecular complexity index is 524. The zero-order valence-electron chi connectivity index (χ0n) is 14.4. The van der Waals surface area contributed by atoms with Crippen LogP contribution in [0.5, 0.6) is 0 Å². The quantitative estimate of drug-likeness (QED) is 0.815. The molecule has 3 unspecified atom stereocenters. The van der Waals surface area contributed by atoms with E-state index in [4.69, 9.17) is 4.74 Å². The zero-order chi connectivity index (χ0) is 18.2. The molecule has 3 fully saturated rings. The van der Waals surface area contributed by atoms with Crippen LogP contribution in [-0.2, 0) is 9.53 Å². The molecule has 3 atom stereocenters. The van der Waals surface area contributed by atoms with Gasteiger partial charge in [0.25, 0.3) is 5.92 Å². The minimum Gasteiger partial charge on any atom is -0.465 e. The summed E-state index contributed by atoms with van der Waals surface area (Å²) in [5, 5.41) is 9.24. The fourth-order valence-corrected chi connectivity index (χ4v) is 3.94. The Balaban J connectivity index is 1.59. The number of carbonyl (C=O) groups excluding carboxylic acids is 1. The number of fused-ring (bicyclic) bond motifs is 1. The number of amides is 2. The number of piperazine rings is 1. The van der Waals surface area contributed by atoms with Gasteiger partial charge in [-0.25, -0.2) is 13.6 Å². The van der Waals surface area contributed by atoms with E-state index in [1.165, 1.54) is 0 Å². The number of carbonyl (C=O) groups is 2. The Morgan fingerprint density at radius 1 is 1.32 bits per heavy atom. The molecule has 0 radical (unpaired) electrons. The third kappa shape index (κ3) is 3.87. The zero-order valence-corrected chi connectivity index (χ0v) is 14.4. The number of piperidine rings is 1. The minimum atomic E-state index is -2.56. The van der Waals surface area contributed by atoms with Crippen LogP contribution >= 0.6 is 0 Å². The number of nitrogens with zero attached hydrogens (tertiary/aromatic N) is 3. The Morgan fingerprint density at radius 2 is 2.00 bits per heavy atom. The molecule has 3 aliphatic rings. The van der Waals surface area contributed by atoms with Crippen LogP contribution in [0, 0.1) is 0 Å². The molecular weight excluding hydrogens is 336 g/mol. The number of morpholine rings is 1. The van der Waals surface area contributed by atoms with E-state index >= 15 is 0 Å². The Labute approximate surface area is 145 Å². The minimum absolute atomic E-state index is 0.121. The maximum atomic E-state index is 13.2. The Hall–Kier alpha value is -1.48. The standard InChI is InChI=1S/C16H25F2N3O4/c1-11-14(22)21-12(2-5-19-6-3-16(17,18)4-7-19)9-25-10-13(21)8-20(11)15(23)24/h11-13H,2-10H2,1H3,(H,23,24). The van der Waals surface area contributed by atoms with Crippen LogP contribution in [0.25, 0.3) is 0 Å². The molecule has 0 aromatic carbocycles. The fourth-order valence-electron chi connectivity index (χ4n) is 3.94. The normalized spacial score (nSPS) is 33.2. The molecule has 2 amide bonds. The van der Waals surface area contributed by atoms with Gasteiger partial charge in [0.2, 0.25) is 5.91 Å². The van der Waals surface area contributed by atoms with Gasteiger partial charge < -0.3 is 19.6 Å². The van der Waals surface area contributed by atoms with E-state index in [0.717, 1.165) is 4.90 Å². The van der Waals surface area contributed by atoms with Gasteiger partial charge in [0.1, 0.15) is 6.04 Å². The molecule has 3 saturated heterocycles. The summed E-state index contributed by atoms with van der Waals surface area (Å²) < 4.78 is 32.1. The first-order chi connectivity index (χ1) is 11.8. The molecule has 0 aromatic heterocycles. The summed E-state index contributed by atoms with van der Waals surface area (Å²) >= 11 is 0. The summed E-state index contributed by atoms with van der Waals surface area (Å²) in [5.41, 5.74) is 0. The third-order valence-electron chi connectivity index (χ3n) is 5.51. The summed E-state index contributed by atoms with van der Waals surface area (Å²) in [5.74, 6) is -2.76. The van der Waals surface area contributed by atoms with Crippen LogP contribution in [0.4, 0.5) is 13.6 Å². The highest BCUT2D eigenvalue weighted by Gasteiger charge is 2.45. The topological polar surface area (TPSA) is 73.3 Å². The Morgan fingerprint density at radius 3 is 2.64 bits per heavy atom. The summed E-state index contributed by atoms with van der Waals surface area (Å²) in [7, 11) is 0. The summed E-state index contributed by atoms with van der Waals surface area (Å²) in [6.07, 6.45) is -0.696. The molecule has 142 valence electrons. The van der Waals surface area contributed by atoms with Crippen LogP contribution in [0.1, 0.15) is 26.2 Å². The molecule has 0 saturated carbocycles. The SMILES string of the molecule is CC1C(=O)N2C(CCN3CCC(F)(F)CC3)COCC2CN1C(=O)O. The van der Waals surface area contributed by atoms with E-state index in [9.17, 15) is 23.5 Å². The molecule has 3 heterocycles. The molecule has 0 bridgehead atoms. The number of hydrogen-bond acceptors (Lipinski definition) is 4. The molecule has 0 aliphatic carbocycles. The second-order valence-corrected chi connectivity index (χ2v) is 7.19. The second kappa shape index (κ2) is 7.03. The highest BCUT2D eigenvalue weighted by Crippen LogP contribution is 2.29. The van der Waals surface area contributed by atoms with Crippen LogP contribution < -0.4 is 0 Å². The number of halogens is 2. The van der Waals surface area contributed by atoms with E-state index in [0.29, 0.717) is 39.3 Å². The predicted octanol–water partition coefficient (Wildman–Crippen LogP) is 1.09. The maximum absolute atomic E-state index is 13.2. The van der Waals surface area contributed by atoms with Crippen LogP contribution in [-0.4, -0.2) is 95.2 Å². The molecular formula is C16H25F2N3O4. The van der Waals surface area contributed by atoms with Crippen molar-refractivity contribution in [3.63, 3.8) is 0 Å². The molecule has 7 nitrogen and oxygen atoms in total. The molecule has 1 N–H and O–H groups in total. The first kappa shape index (κ1) is 18.3. The molecule has 0 spiro atoms. The lowest BCUT2D eigenvalue weighted by atomic mass is 10.00. The summed E-state index contributed by atoms with van der Waals surface area (Å²) in [4.78, 5) is 28.9. The van der Waals surface area contributed by atoms with Crippen molar-refractivity contribution < 1.29 is 28.2 Å². The number of carboxylic acid groups (broad SMARTS) is 1. The molecule has 3 rings (SSSR count). The lowest BCUT2D eigenvalue weighted by molar-refractivity contribution is -0.160. The first-order valence-corrected chi connectivity index (χ1v) is 8.78. The molecule has 25 heavy (non-hydrogen) atoms. The fraction of sp³-hybridized carbons (Fsp3) is 0.875. The number of ether oxygens (including phenoxy) is 1. The highest BCUT2D eigenvalue weighted by molar-refractivity contribution is 5.87. The largest absolute Gasteiger partial charge is 0.465 e. The van der Waals surface area contributed by atoms with Crippen molar-refractivity contribution in [3.8, 4) is 0 Å². The van der Waals surface area contributed by atoms with E-state index in [2.05, 4.69) is 0 Å². The van der Waals surface area contributed by atoms with Crippen molar-refractivity contribution in [1.29, 1.82) is 0 Å². The Kier molecular flexibility index (Phi) is 5.15. The lowest BCUT2D eigenvalue weighted by Crippen LogP contribution is -2.68. The van der Waals surface area contributed by atoms with Crippen molar-refractivity contribution in [3.05, 3.63) is 0 Å². The van der Waals surface area contributed by atoms with Gasteiger partial charge in [-0.3, -0.25) is 9.69 Å². The van der Waals surface area contributed by atoms with Gasteiger partial charge in [0, 0.05) is 39.0 Å². The lowest BCUT2D eigenvalue weighted by Gasteiger charge is -2.49. The van der Waals surface area contributed by atoms with E-state index in [-0.39, 0.29) is 37.4 Å². The number of likely N-dealkylation sites (tertiary alicyclic amines) is 1. The highest BCUT2D eigenvalue weighted by atomic mass is 19.3. The summed E-state index contributed by atoms with van der Waals surface area (Å²) in [6, 6.07) is -1.11. The smallest absolute Gasteiger partial charge is 0.408 e. The number of alkyl halides is 2. The van der Waals surface area contributed by atoms with Crippen molar-refractivity contribution in [1.82, 2.24) is 14.7 Å². The molecule has 3 aliphatic heterocycles. The van der Waals surface area contributed by atoms with E-state index in [1.54, 1.807) is 11.8 Å². The van der Waals surface area contributed by atoms with Gasteiger partial charge in [-0.1, -0.05) is 0 Å². The van der Waals surface area contributed by atoms with Gasteiger partial charge in [-0.05, 0) is 13.3 Å². The average Bonchev–Trinajstić information content (AvgIpc) is 2.56. The van der Waals surface area contributed by atoms with Crippen molar-refractivity contribution in [2.45, 2.75) is 50.2 Å². The van der Waals surface area contributed by atoms with Gasteiger partial charge >= 0.3 is 6.09 Å². The first-order valence-electron chi connectivity index (χ1n) is 8.78. The van der Waals surface area contributed by atoms with Crippen LogP contribution in [0.15, 0.2) is 0 Å². The van der Waals surface area contributed by atoms with Gasteiger partial charge in [0.05, 0.1) is 25.3 Å². The van der Waals surface area contributed by atoms with Gasteiger partial charge in [-0.15, -0.1) is 0 Å². The average molecular weight is 361 g/mol.